The number of nitrogens with zero attached hydrogens (tertiary/aromatic N) is 2. The summed E-state index contributed by atoms with van der Waals surface area (Å²) in [4.78, 5) is 18.2. The smallest absolute Gasteiger partial charge is 0.259 e. The normalized spacial score (nSPS) is 23.2. The van der Waals surface area contributed by atoms with Crippen molar-refractivity contribution < 1.29 is 19.4 Å². The van der Waals surface area contributed by atoms with Gasteiger partial charge in [0.1, 0.15) is 5.56 Å². The summed E-state index contributed by atoms with van der Waals surface area (Å²) in [6.07, 6.45) is 1.25. The molecule has 1 aromatic rings. The zero-order valence-electron chi connectivity index (χ0n) is 11.1. The molecule has 6 heteroatoms. The van der Waals surface area contributed by atoms with E-state index in [0.717, 1.165) is 0 Å². The van der Waals surface area contributed by atoms with Crippen molar-refractivity contribution in [2.45, 2.75) is 19.1 Å². The van der Waals surface area contributed by atoms with Gasteiger partial charge < -0.3 is 19.5 Å². The summed E-state index contributed by atoms with van der Waals surface area (Å²) in [5.74, 6) is 0.158. The van der Waals surface area contributed by atoms with Gasteiger partial charge in [-0.2, -0.15) is 0 Å². The van der Waals surface area contributed by atoms with Gasteiger partial charge in [-0.25, -0.2) is 4.98 Å². The molecule has 1 aliphatic rings. The molecule has 1 fully saturated rings. The van der Waals surface area contributed by atoms with Crippen LogP contribution in [0.4, 0.5) is 0 Å². The molecule has 2 atom stereocenters. The predicted molar refractivity (Wildman–Crippen MR) is 68.1 cm³/mol. The highest BCUT2D eigenvalue weighted by atomic mass is 16.5. The van der Waals surface area contributed by atoms with Crippen LogP contribution in [0.2, 0.25) is 0 Å². The molecule has 0 radical (unpaired) electrons. The Morgan fingerprint density at radius 3 is 3.16 bits per heavy atom. The Balaban J connectivity index is 2.22. The first-order valence-corrected chi connectivity index (χ1v) is 6.19. The van der Waals surface area contributed by atoms with Crippen LogP contribution in [-0.2, 0) is 4.74 Å². The third-order valence-corrected chi connectivity index (χ3v) is 3.16. The molecule has 1 aromatic heterocycles. The molecule has 1 amide bonds. The van der Waals surface area contributed by atoms with Crippen LogP contribution in [0.5, 0.6) is 5.88 Å². The summed E-state index contributed by atoms with van der Waals surface area (Å²) < 4.78 is 10.5. The maximum absolute atomic E-state index is 12.5. The third kappa shape index (κ3) is 2.85. The number of aromatic nitrogens is 1. The van der Waals surface area contributed by atoms with Crippen LogP contribution in [0.1, 0.15) is 17.3 Å². The number of aliphatic hydroxyl groups excluding tert-OH is 1. The maximum atomic E-state index is 12.5. The Morgan fingerprint density at radius 2 is 2.47 bits per heavy atom. The van der Waals surface area contributed by atoms with Gasteiger partial charge in [0.25, 0.3) is 5.91 Å². The highest BCUT2D eigenvalue weighted by Crippen LogP contribution is 2.20. The lowest BCUT2D eigenvalue weighted by Crippen LogP contribution is -2.52. The largest absolute Gasteiger partial charge is 0.480 e. The zero-order chi connectivity index (χ0) is 13.8. The fourth-order valence-electron chi connectivity index (χ4n) is 2.08. The van der Waals surface area contributed by atoms with Crippen LogP contribution < -0.4 is 4.74 Å². The Hall–Kier alpha value is -1.66. The van der Waals surface area contributed by atoms with Gasteiger partial charge in [0, 0.05) is 12.7 Å². The molecule has 104 valence electrons. The molecule has 2 unspecified atom stereocenters. The minimum Gasteiger partial charge on any atom is -0.480 e. The quantitative estimate of drug-likeness (QED) is 0.852. The highest BCUT2D eigenvalue weighted by Gasteiger charge is 2.31. The number of hydrogen-bond acceptors (Lipinski definition) is 5. The van der Waals surface area contributed by atoms with Gasteiger partial charge in [0.15, 0.2) is 0 Å². The van der Waals surface area contributed by atoms with Gasteiger partial charge in [-0.15, -0.1) is 0 Å². The third-order valence-electron chi connectivity index (χ3n) is 3.16. The van der Waals surface area contributed by atoms with E-state index in [1.807, 2.05) is 6.92 Å². The number of aliphatic hydroxyl groups is 1. The van der Waals surface area contributed by atoms with Crippen LogP contribution in [0.3, 0.4) is 0 Å². The number of carbonyl (C=O) groups is 1. The van der Waals surface area contributed by atoms with Crippen LogP contribution in [0.15, 0.2) is 18.3 Å². The summed E-state index contributed by atoms with van der Waals surface area (Å²) in [7, 11) is 1.48. The Kier molecular flexibility index (Phi) is 4.34. The fraction of sp³-hybridized carbons (Fsp3) is 0.538. The Morgan fingerprint density at radius 1 is 1.68 bits per heavy atom. The number of rotatable bonds is 3. The van der Waals surface area contributed by atoms with E-state index in [1.54, 1.807) is 23.2 Å². The molecular weight excluding hydrogens is 248 g/mol. The van der Waals surface area contributed by atoms with Crippen molar-refractivity contribution in [1.82, 2.24) is 9.88 Å². The van der Waals surface area contributed by atoms with E-state index in [9.17, 15) is 4.79 Å². The molecule has 2 heterocycles. The lowest BCUT2D eigenvalue weighted by atomic mass is 10.1. The monoisotopic (exact) mass is 266 g/mol. The summed E-state index contributed by atoms with van der Waals surface area (Å²) in [6, 6.07) is 3.34. The van der Waals surface area contributed by atoms with Crippen molar-refractivity contribution in [3.8, 4) is 5.88 Å². The topological polar surface area (TPSA) is 71.9 Å². The van der Waals surface area contributed by atoms with Gasteiger partial charge in [0.2, 0.25) is 5.88 Å². The average Bonchev–Trinajstić information content (AvgIpc) is 2.47. The van der Waals surface area contributed by atoms with Gasteiger partial charge in [-0.1, -0.05) is 0 Å². The summed E-state index contributed by atoms with van der Waals surface area (Å²) in [5, 5.41) is 9.15. The molecule has 0 bridgehead atoms. The van der Waals surface area contributed by atoms with Crippen molar-refractivity contribution >= 4 is 5.91 Å². The molecule has 0 spiro atoms. The van der Waals surface area contributed by atoms with E-state index in [1.165, 1.54) is 7.11 Å². The van der Waals surface area contributed by atoms with Crippen molar-refractivity contribution in [2.75, 3.05) is 26.9 Å². The number of pyridine rings is 1. The Bertz CT molecular complexity index is 452. The minimum atomic E-state index is -0.331. The first kappa shape index (κ1) is 13.8. The average molecular weight is 266 g/mol. The summed E-state index contributed by atoms with van der Waals surface area (Å²) in [6.45, 7) is 2.60. The van der Waals surface area contributed by atoms with Crippen LogP contribution in [0, 0.1) is 0 Å². The van der Waals surface area contributed by atoms with E-state index in [4.69, 9.17) is 14.6 Å². The maximum Gasteiger partial charge on any atom is 0.259 e. The van der Waals surface area contributed by atoms with Crippen molar-refractivity contribution in [3.63, 3.8) is 0 Å². The lowest BCUT2D eigenvalue weighted by Gasteiger charge is -2.37. The van der Waals surface area contributed by atoms with Crippen LogP contribution in [-0.4, -0.2) is 59.9 Å². The van der Waals surface area contributed by atoms with Crippen LogP contribution >= 0.6 is 0 Å². The van der Waals surface area contributed by atoms with E-state index in [-0.39, 0.29) is 24.7 Å². The second-order valence-electron chi connectivity index (χ2n) is 4.50. The van der Waals surface area contributed by atoms with Crippen molar-refractivity contribution in [2.24, 2.45) is 0 Å². The second kappa shape index (κ2) is 5.99. The molecule has 2 rings (SSSR count). The number of ether oxygens (including phenoxy) is 2. The molecule has 6 nitrogen and oxygen atoms in total. The standard InChI is InChI=1S/C13H18N2O4/c1-9-8-19-10(7-16)6-15(9)13(17)11-4-3-5-14-12(11)18-2/h3-5,9-10,16H,6-8H2,1-2H3. The number of carbonyl (C=O) groups excluding carboxylic acids is 1. The molecular formula is C13H18N2O4. The summed E-state index contributed by atoms with van der Waals surface area (Å²) >= 11 is 0. The molecule has 1 N–H and O–H groups in total. The molecule has 0 aromatic carbocycles. The lowest BCUT2D eigenvalue weighted by molar-refractivity contribution is -0.0668. The Labute approximate surface area is 112 Å². The van der Waals surface area contributed by atoms with Gasteiger partial charge in [0.05, 0.1) is 32.5 Å². The minimum absolute atomic E-state index is 0.0415. The van der Waals surface area contributed by atoms with E-state index in [2.05, 4.69) is 4.98 Å². The zero-order valence-corrected chi connectivity index (χ0v) is 11.1. The summed E-state index contributed by atoms with van der Waals surface area (Å²) in [5.41, 5.74) is 0.426. The molecule has 1 saturated heterocycles. The van der Waals surface area contributed by atoms with Crippen LogP contribution in [0.25, 0.3) is 0 Å². The SMILES string of the molecule is COc1ncccc1C(=O)N1CC(CO)OCC1C. The van der Waals surface area contributed by atoms with Gasteiger partial charge in [-0.3, -0.25) is 4.79 Å². The highest BCUT2D eigenvalue weighted by molar-refractivity contribution is 5.96. The molecule has 1 aliphatic heterocycles. The van der Waals surface area contributed by atoms with E-state index >= 15 is 0 Å². The fourth-order valence-corrected chi connectivity index (χ4v) is 2.08. The molecule has 19 heavy (non-hydrogen) atoms. The number of morpholine rings is 1. The van der Waals surface area contributed by atoms with E-state index < -0.39 is 0 Å². The van der Waals surface area contributed by atoms with Gasteiger partial charge >= 0.3 is 0 Å². The number of amides is 1. The van der Waals surface area contributed by atoms with Crippen molar-refractivity contribution in [1.29, 1.82) is 0 Å². The number of hydrogen-bond donors (Lipinski definition) is 1. The molecule has 0 aliphatic carbocycles. The van der Waals surface area contributed by atoms with E-state index in [0.29, 0.717) is 24.6 Å². The first-order valence-electron chi connectivity index (χ1n) is 6.19. The van der Waals surface area contributed by atoms with Gasteiger partial charge in [-0.05, 0) is 19.1 Å². The predicted octanol–water partition coefficient (Wildman–Crippen LogP) is 0.312. The first-order chi connectivity index (χ1) is 9.17. The number of methoxy groups -OCH3 is 1. The second-order valence-corrected chi connectivity index (χ2v) is 4.50. The van der Waals surface area contributed by atoms with Crippen molar-refractivity contribution in [3.05, 3.63) is 23.9 Å². The molecule has 0 saturated carbocycles.